The minimum absolute atomic E-state index is 0.255. The van der Waals surface area contributed by atoms with Gasteiger partial charge in [0.05, 0.1) is 6.54 Å². The highest BCUT2D eigenvalue weighted by Crippen LogP contribution is 2.18. The standard InChI is InChI=1S/C18H14N4O2/c23-18(16-10-13-6-4-5-9-15(13)24-16)19-11-17-21-20-12-22(17)14-7-2-1-3-8-14/h1-10,12H,11H2,(H,19,23). The fourth-order valence-electron chi connectivity index (χ4n) is 2.52. The highest BCUT2D eigenvalue weighted by molar-refractivity contribution is 5.95. The molecule has 1 N–H and O–H groups in total. The van der Waals surface area contributed by atoms with Crippen molar-refractivity contribution in [2.24, 2.45) is 0 Å². The number of para-hydroxylation sites is 2. The third kappa shape index (κ3) is 2.65. The summed E-state index contributed by atoms with van der Waals surface area (Å²) in [6, 6.07) is 19.0. The van der Waals surface area contributed by atoms with E-state index in [2.05, 4.69) is 15.5 Å². The van der Waals surface area contributed by atoms with Crippen LogP contribution in [-0.2, 0) is 6.54 Å². The Kier molecular flexibility index (Phi) is 3.55. The highest BCUT2D eigenvalue weighted by atomic mass is 16.3. The van der Waals surface area contributed by atoms with Gasteiger partial charge < -0.3 is 9.73 Å². The van der Waals surface area contributed by atoms with Crippen molar-refractivity contribution in [2.75, 3.05) is 0 Å². The molecule has 6 heteroatoms. The van der Waals surface area contributed by atoms with Gasteiger partial charge in [-0.2, -0.15) is 0 Å². The topological polar surface area (TPSA) is 73.0 Å². The minimum Gasteiger partial charge on any atom is -0.451 e. The summed E-state index contributed by atoms with van der Waals surface area (Å²) < 4.78 is 7.39. The molecule has 0 radical (unpaired) electrons. The number of nitrogens with one attached hydrogen (secondary N) is 1. The number of benzene rings is 2. The summed E-state index contributed by atoms with van der Waals surface area (Å²) in [4.78, 5) is 12.3. The first-order valence-electron chi connectivity index (χ1n) is 7.52. The average Bonchev–Trinajstić information content (AvgIpc) is 3.27. The Hall–Kier alpha value is -3.41. The first-order chi connectivity index (χ1) is 11.8. The Morgan fingerprint density at radius 1 is 1.08 bits per heavy atom. The first kappa shape index (κ1) is 14.2. The van der Waals surface area contributed by atoms with Gasteiger partial charge in [0, 0.05) is 11.1 Å². The zero-order valence-corrected chi connectivity index (χ0v) is 12.7. The number of carbonyl (C=O) groups is 1. The van der Waals surface area contributed by atoms with E-state index in [0.29, 0.717) is 11.4 Å². The second kappa shape index (κ2) is 6.00. The van der Waals surface area contributed by atoms with E-state index in [1.165, 1.54) is 0 Å². The molecule has 24 heavy (non-hydrogen) atoms. The van der Waals surface area contributed by atoms with Gasteiger partial charge in [-0.25, -0.2) is 0 Å². The monoisotopic (exact) mass is 318 g/mol. The lowest BCUT2D eigenvalue weighted by molar-refractivity contribution is 0.0924. The van der Waals surface area contributed by atoms with Crippen LogP contribution in [0.2, 0.25) is 0 Å². The van der Waals surface area contributed by atoms with Crippen molar-refractivity contribution in [2.45, 2.75) is 6.54 Å². The van der Waals surface area contributed by atoms with Crippen LogP contribution in [-0.4, -0.2) is 20.7 Å². The van der Waals surface area contributed by atoms with E-state index in [-0.39, 0.29) is 18.2 Å². The summed E-state index contributed by atoms with van der Waals surface area (Å²) >= 11 is 0. The van der Waals surface area contributed by atoms with Crippen molar-refractivity contribution in [3.05, 3.63) is 78.6 Å². The summed E-state index contributed by atoms with van der Waals surface area (Å²) in [5, 5.41) is 11.7. The molecular formula is C18H14N4O2. The second-order valence-corrected chi connectivity index (χ2v) is 5.28. The van der Waals surface area contributed by atoms with Gasteiger partial charge in [-0.05, 0) is 24.3 Å². The molecule has 0 saturated heterocycles. The van der Waals surface area contributed by atoms with E-state index in [1.54, 1.807) is 12.4 Å². The predicted molar refractivity (Wildman–Crippen MR) is 88.7 cm³/mol. The lowest BCUT2D eigenvalue weighted by Gasteiger charge is -2.06. The van der Waals surface area contributed by atoms with Crippen molar-refractivity contribution < 1.29 is 9.21 Å². The zero-order chi connectivity index (χ0) is 16.4. The van der Waals surface area contributed by atoms with Crippen molar-refractivity contribution in [3.8, 4) is 5.69 Å². The molecule has 0 saturated carbocycles. The zero-order valence-electron chi connectivity index (χ0n) is 12.7. The smallest absolute Gasteiger partial charge is 0.287 e. The van der Waals surface area contributed by atoms with Crippen LogP contribution >= 0.6 is 0 Å². The molecule has 0 unspecified atom stereocenters. The molecule has 6 nitrogen and oxygen atoms in total. The molecule has 2 aromatic heterocycles. The van der Waals surface area contributed by atoms with Crippen molar-refractivity contribution in [1.82, 2.24) is 20.1 Å². The molecule has 0 atom stereocenters. The summed E-state index contributed by atoms with van der Waals surface area (Å²) in [5.74, 6) is 0.640. The van der Waals surface area contributed by atoms with Gasteiger partial charge in [0.1, 0.15) is 11.9 Å². The first-order valence-corrected chi connectivity index (χ1v) is 7.52. The van der Waals surface area contributed by atoms with Crippen LogP contribution in [0.15, 0.2) is 71.4 Å². The number of carbonyl (C=O) groups excluding carboxylic acids is 1. The normalized spacial score (nSPS) is 10.8. The van der Waals surface area contributed by atoms with Gasteiger partial charge in [0.15, 0.2) is 11.6 Å². The number of hydrogen-bond acceptors (Lipinski definition) is 4. The number of rotatable bonds is 4. The molecule has 0 fully saturated rings. The van der Waals surface area contributed by atoms with Crippen LogP contribution in [0.4, 0.5) is 0 Å². The second-order valence-electron chi connectivity index (χ2n) is 5.28. The largest absolute Gasteiger partial charge is 0.451 e. The molecule has 0 aliphatic carbocycles. The Morgan fingerprint density at radius 3 is 2.71 bits per heavy atom. The molecular weight excluding hydrogens is 304 g/mol. The lowest BCUT2D eigenvalue weighted by atomic mass is 10.2. The molecule has 2 heterocycles. The molecule has 0 aliphatic heterocycles. The third-order valence-corrected chi connectivity index (χ3v) is 3.71. The van der Waals surface area contributed by atoms with Crippen LogP contribution in [0.25, 0.3) is 16.7 Å². The van der Waals surface area contributed by atoms with Crippen LogP contribution in [0.3, 0.4) is 0 Å². The SMILES string of the molecule is O=C(NCc1nncn1-c1ccccc1)c1cc2ccccc2o1. The summed E-state index contributed by atoms with van der Waals surface area (Å²) in [6.07, 6.45) is 1.62. The molecule has 4 aromatic rings. The maximum Gasteiger partial charge on any atom is 0.287 e. The van der Waals surface area contributed by atoms with Gasteiger partial charge in [-0.1, -0.05) is 36.4 Å². The van der Waals surface area contributed by atoms with Crippen LogP contribution in [0.5, 0.6) is 0 Å². The number of furan rings is 1. The maximum atomic E-state index is 12.3. The number of amides is 1. The molecule has 0 bridgehead atoms. The lowest BCUT2D eigenvalue weighted by Crippen LogP contribution is -2.24. The number of hydrogen-bond donors (Lipinski definition) is 1. The maximum absolute atomic E-state index is 12.3. The third-order valence-electron chi connectivity index (χ3n) is 3.71. The Balaban J connectivity index is 1.51. The van der Waals surface area contributed by atoms with Gasteiger partial charge >= 0.3 is 0 Å². The van der Waals surface area contributed by atoms with E-state index >= 15 is 0 Å². The average molecular weight is 318 g/mol. The molecule has 0 spiro atoms. The Labute approximate surface area is 137 Å². The van der Waals surface area contributed by atoms with E-state index in [4.69, 9.17) is 4.42 Å². The predicted octanol–water partition coefficient (Wildman–Crippen LogP) is 2.94. The number of fused-ring (bicyclic) bond motifs is 1. The summed E-state index contributed by atoms with van der Waals surface area (Å²) in [7, 11) is 0. The minimum atomic E-state index is -0.284. The Morgan fingerprint density at radius 2 is 1.88 bits per heavy atom. The van der Waals surface area contributed by atoms with E-state index in [9.17, 15) is 4.79 Å². The van der Waals surface area contributed by atoms with Gasteiger partial charge in [-0.15, -0.1) is 10.2 Å². The van der Waals surface area contributed by atoms with E-state index < -0.39 is 0 Å². The van der Waals surface area contributed by atoms with E-state index in [0.717, 1.165) is 11.1 Å². The van der Waals surface area contributed by atoms with Crippen molar-refractivity contribution in [3.63, 3.8) is 0 Å². The molecule has 0 aliphatic rings. The van der Waals surface area contributed by atoms with Crippen LogP contribution in [0, 0.1) is 0 Å². The molecule has 118 valence electrons. The van der Waals surface area contributed by atoms with Gasteiger partial charge in [0.25, 0.3) is 5.91 Å². The van der Waals surface area contributed by atoms with Gasteiger partial charge in [0.2, 0.25) is 0 Å². The van der Waals surface area contributed by atoms with Crippen LogP contribution < -0.4 is 5.32 Å². The quantitative estimate of drug-likeness (QED) is 0.628. The fraction of sp³-hybridized carbons (Fsp3) is 0.0556. The van der Waals surface area contributed by atoms with Crippen molar-refractivity contribution >= 4 is 16.9 Å². The number of nitrogens with zero attached hydrogens (tertiary/aromatic N) is 3. The molecule has 1 amide bonds. The summed E-state index contributed by atoms with van der Waals surface area (Å²) in [5.41, 5.74) is 1.63. The number of aromatic nitrogens is 3. The molecule has 2 aromatic carbocycles. The molecule has 4 rings (SSSR count). The highest BCUT2D eigenvalue weighted by Gasteiger charge is 2.13. The fourth-order valence-corrected chi connectivity index (χ4v) is 2.52. The van der Waals surface area contributed by atoms with Gasteiger partial charge in [-0.3, -0.25) is 9.36 Å². The van der Waals surface area contributed by atoms with Crippen molar-refractivity contribution in [1.29, 1.82) is 0 Å². The summed E-state index contributed by atoms with van der Waals surface area (Å²) in [6.45, 7) is 0.255. The van der Waals surface area contributed by atoms with E-state index in [1.807, 2.05) is 59.2 Å². The Bertz CT molecular complexity index is 955. The van der Waals surface area contributed by atoms with Crippen LogP contribution in [0.1, 0.15) is 16.4 Å².